The summed E-state index contributed by atoms with van der Waals surface area (Å²) in [6, 6.07) is 7.33. The predicted octanol–water partition coefficient (Wildman–Crippen LogP) is 2.68. The lowest BCUT2D eigenvalue weighted by atomic mass is 9.88. The van der Waals surface area contributed by atoms with Crippen molar-refractivity contribution >= 4 is 34.1 Å². The Morgan fingerprint density at radius 3 is 2.95 bits per heavy atom. The van der Waals surface area contributed by atoms with Crippen LogP contribution in [-0.2, 0) is 4.79 Å². The van der Waals surface area contributed by atoms with Gasteiger partial charge in [-0.15, -0.1) is 0 Å². The normalized spacial score (nSPS) is 16.7. The van der Waals surface area contributed by atoms with E-state index in [9.17, 15) is 4.79 Å². The third-order valence-corrected chi connectivity index (χ3v) is 4.24. The van der Waals surface area contributed by atoms with Crippen LogP contribution in [0.2, 0.25) is 5.02 Å². The lowest BCUT2D eigenvalue weighted by Crippen LogP contribution is -2.48. The second kappa shape index (κ2) is 5.38. The fraction of sp³-hybridized carbons (Fsp3) is 0.333. The van der Waals surface area contributed by atoms with Gasteiger partial charge in [0.1, 0.15) is 0 Å². The molecule has 104 valence electrons. The van der Waals surface area contributed by atoms with Crippen LogP contribution in [0.15, 0.2) is 30.5 Å². The van der Waals surface area contributed by atoms with Gasteiger partial charge < -0.3 is 10.6 Å². The minimum atomic E-state index is -0.00862. The van der Waals surface area contributed by atoms with E-state index in [2.05, 4.69) is 15.6 Å². The number of nitrogens with one attached hydrogen (secondary N) is 2. The van der Waals surface area contributed by atoms with Gasteiger partial charge in [-0.3, -0.25) is 9.78 Å². The quantitative estimate of drug-likeness (QED) is 0.913. The Labute approximate surface area is 122 Å². The van der Waals surface area contributed by atoms with Crippen LogP contribution in [0.5, 0.6) is 0 Å². The third-order valence-electron chi connectivity index (χ3n) is 3.91. The van der Waals surface area contributed by atoms with Gasteiger partial charge in [0.25, 0.3) is 0 Å². The van der Waals surface area contributed by atoms with Crippen LogP contribution in [0.25, 0.3) is 10.9 Å². The monoisotopic (exact) mass is 289 g/mol. The summed E-state index contributed by atoms with van der Waals surface area (Å²) in [5.41, 5.74) is 1.45. The maximum Gasteiger partial charge on any atom is 0.227 e. The molecule has 20 heavy (non-hydrogen) atoms. The fourth-order valence-corrected chi connectivity index (χ4v) is 2.58. The molecule has 1 aromatic heterocycles. The highest BCUT2D eigenvalue weighted by Gasteiger charge is 2.28. The molecule has 1 aromatic carbocycles. The Morgan fingerprint density at radius 2 is 2.25 bits per heavy atom. The molecule has 2 heterocycles. The molecule has 3 rings (SSSR count). The number of benzene rings is 1. The van der Waals surface area contributed by atoms with Crippen LogP contribution in [0.3, 0.4) is 0 Å². The first-order valence-electron chi connectivity index (χ1n) is 6.71. The highest BCUT2D eigenvalue weighted by atomic mass is 35.5. The Morgan fingerprint density at radius 1 is 1.45 bits per heavy atom. The maximum absolute atomic E-state index is 12.3. The topological polar surface area (TPSA) is 54.0 Å². The van der Waals surface area contributed by atoms with Crippen LogP contribution >= 0.6 is 11.6 Å². The lowest BCUT2D eigenvalue weighted by molar-refractivity contribution is -0.121. The lowest BCUT2D eigenvalue weighted by Gasteiger charge is -2.31. The van der Waals surface area contributed by atoms with E-state index < -0.39 is 0 Å². The Hall–Kier alpha value is -1.65. The summed E-state index contributed by atoms with van der Waals surface area (Å²) in [5.74, 6) is 0.443. The molecule has 2 N–H and O–H groups in total. The summed E-state index contributed by atoms with van der Waals surface area (Å²) in [5, 5.41) is 7.65. The number of halogens is 1. The van der Waals surface area contributed by atoms with Gasteiger partial charge in [-0.1, -0.05) is 18.5 Å². The minimum Gasteiger partial charge on any atom is -0.324 e. The second-order valence-electron chi connectivity index (χ2n) is 5.19. The van der Waals surface area contributed by atoms with Crippen LogP contribution in [0.1, 0.15) is 6.92 Å². The summed E-state index contributed by atoms with van der Waals surface area (Å²) in [6.07, 6.45) is 1.70. The summed E-state index contributed by atoms with van der Waals surface area (Å²) in [7, 11) is 0. The number of carbonyl (C=O) groups excluding carboxylic acids is 1. The number of amides is 1. The van der Waals surface area contributed by atoms with E-state index in [4.69, 9.17) is 11.6 Å². The van der Waals surface area contributed by atoms with Crippen molar-refractivity contribution in [3.8, 4) is 0 Å². The van der Waals surface area contributed by atoms with Crippen molar-refractivity contribution in [2.45, 2.75) is 6.92 Å². The van der Waals surface area contributed by atoms with E-state index in [1.807, 2.05) is 19.1 Å². The van der Waals surface area contributed by atoms with Gasteiger partial charge in [0.05, 0.1) is 16.2 Å². The first kappa shape index (κ1) is 13.3. The molecule has 0 aliphatic carbocycles. The van der Waals surface area contributed by atoms with Crippen LogP contribution in [0, 0.1) is 11.8 Å². The van der Waals surface area contributed by atoms with Gasteiger partial charge in [0.15, 0.2) is 0 Å². The van der Waals surface area contributed by atoms with E-state index in [-0.39, 0.29) is 11.8 Å². The SMILES string of the molecule is CC(C(=O)Nc1ccc(Cl)c2cccnc12)C1CNC1. The average Bonchev–Trinajstić information content (AvgIpc) is 2.40. The van der Waals surface area contributed by atoms with E-state index >= 15 is 0 Å². The fourth-order valence-electron chi connectivity index (χ4n) is 2.36. The van der Waals surface area contributed by atoms with Crippen molar-refractivity contribution in [1.29, 1.82) is 0 Å². The molecule has 1 amide bonds. The molecule has 5 heteroatoms. The van der Waals surface area contributed by atoms with Crippen molar-refractivity contribution in [2.75, 3.05) is 18.4 Å². The van der Waals surface area contributed by atoms with Gasteiger partial charge in [-0.2, -0.15) is 0 Å². The van der Waals surface area contributed by atoms with Crippen LogP contribution in [-0.4, -0.2) is 24.0 Å². The molecule has 1 saturated heterocycles. The van der Waals surface area contributed by atoms with Gasteiger partial charge >= 0.3 is 0 Å². The van der Waals surface area contributed by atoms with Crippen LogP contribution in [0.4, 0.5) is 5.69 Å². The second-order valence-corrected chi connectivity index (χ2v) is 5.60. The van der Waals surface area contributed by atoms with Gasteiger partial charge in [0.2, 0.25) is 5.91 Å². The number of aromatic nitrogens is 1. The van der Waals surface area contributed by atoms with Crippen LogP contribution < -0.4 is 10.6 Å². The van der Waals surface area contributed by atoms with Crippen molar-refractivity contribution in [3.05, 3.63) is 35.5 Å². The van der Waals surface area contributed by atoms with Crippen molar-refractivity contribution in [2.24, 2.45) is 11.8 Å². The van der Waals surface area contributed by atoms with Gasteiger partial charge in [-0.05, 0) is 43.3 Å². The molecule has 1 aliphatic rings. The largest absolute Gasteiger partial charge is 0.324 e. The molecule has 1 unspecified atom stereocenters. The first-order chi connectivity index (χ1) is 9.66. The minimum absolute atomic E-state index is 0.00862. The first-order valence-corrected chi connectivity index (χ1v) is 7.09. The molecule has 0 saturated carbocycles. The highest BCUT2D eigenvalue weighted by molar-refractivity contribution is 6.35. The van der Waals surface area contributed by atoms with E-state index in [0.29, 0.717) is 16.6 Å². The van der Waals surface area contributed by atoms with E-state index in [0.717, 1.165) is 24.0 Å². The Bertz CT molecular complexity index is 655. The van der Waals surface area contributed by atoms with Gasteiger partial charge in [0, 0.05) is 17.5 Å². The Balaban J connectivity index is 1.87. The molecule has 1 fully saturated rings. The number of hydrogen-bond acceptors (Lipinski definition) is 3. The van der Waals surface area contributed by atoms with Crippen molar-refractivity contribution in [3.63, 3.8) is 0 Å². The number of nitrogens with zero attached hydrogens (tertiary/aromatic N) is 1. The zero-order valence-electron chi connectivity index (χ0n) is 11.2. The molecule has 1 aliphatic heterocycles. The zero-order chi connectivity index (χ0) is 14.1. The molecule has 1 atom stereocenters. The summed E-state index contributed by atoms with van der Waals surface area (Å²) < 4.78 is 0. The zero-order valence-corrected chi connectivity index (χ0v) is 11.9. The predicted molar refractivity (Wildman–Crippen MR) is 80.9 cm³/mol. The number of carbonyl (C=O) groups is 1. The Kier molecular flexibility index (Phi) is 3.59. The smallest absolute Gasteiger partial charge is 0.227 e. The number of hydrogen-bond donors (Lipinski definition) is 2. The molecular formula is C15H16ClN3O. The third kappa shape index (κ3) is 2.37. The number of rotatable bonds is 3. The average molecular weight is 290 g/mol. The molecule has 0 radical (unpaired) electrons. The van der Waals surface area contributed by atoms with Crippen molar-refractivity contribution < 1.29 is 4.79 Å². The number of fused-ring (bicyclic) bond motifs is 1. The summed E-state index contributed by atoms with van der Waals surface area (Å²) in [6.45, 7) is 3.79. The van der Waals surface area contributed by atoms with E-state index in [1.165, 1.54) is 0 Å². The number of anilines is 1. The molecular weight excluding hydrogens is 274 g/mol. The molecule has 4 nitrogen and oxygen atoms in total. The molecule has 2 aromatic rings. The van der Waals surface area contributed by atoms with E-state index in [1.54, 1.807) is 18.3 Å². The standard InChI is InChI=1S/C15H16ClN3O/c1-9(10-7-17-8-10)15(20)19-13-5-4-12(16)11-3-2-6-18-14(11)13/h2-6,9-10,17H,7-8H2,1H3,(H,19,20). The summed E-state index contributed by atoms with van der Waals surface area (Å²) >= 11 is 6.15. The number of pyridine rings is 1. The van der Waals surface area contributed by atoms with Crippen molar-refractivity contribution in [1.82, 2.24) is 10.3 Å². The summed E-state index contributed by atoms with van der Waals surface area (Å²) in [4.78, 5) is 16.6. The van der Waals surface area contributed by atoms with Gasteiger partial charge in [-0.25, -0.2) is 0 Å². The highest BCUT2D eigenvalue weighted by Crippen LogP contribution is 2.28. The molecule has 0 spiro atoms. The molecule has 0 bridgehead atoms. The maximum atomic E-state index is 12.3.